The number of hydrogen-bond acceptors (Lipinski definition) is 3. The van der Waals surface area contributed by atoms with Gasteiger partial charge in [-0.15, -0.1) is 0 Å². The predicted octanol–water partition coefficient (Wildman–Crippen LogP) is 1.73. The Morgan fingerprint density at radius 2 is 2.19 bits per heavy atom. The Morgan fingerprint density at radius 1 is 1.50 bits per heavy atom. The molecule has 2 atom stereocenters. The molecule has 0 heterocycles. The SMILES string of the molecule is CC(NC[C@@H](C)O)c1ccc(C#N)c(F)c1. The predicted molar refractivity (Wildman–Crippen MR) is 59.2 cm³/mol. The summed E-state index contributed by atoms with van der Waals surface area (Å²) in [6.45, 7) is 4.01. The number of aliphatic hydroxyl groups excluding tert-OH is 1. The number of aliphatic hydroxyl groups is 1. The van der Waals surface area contributed by atoms with E-state index in [4.69, 9.17) is 10.4 Å². The first kappa shape index (κ1) is 12.6. The van der Waals surface area contributed by atoms with E-state index >= 15 is 0 Å². The van der Waals surface area contributed by atoms with Gasteiger partial charge in [0.15, 0.2) is 0 Å². The molecule has 0 bridgehead atoms. The molecular formula is C12H15FN2O. The van der Waals surface area contributed by atoms with Gasteiger partial charge in [0.2, 0.25) is 0 Å². The number of nitrogens with one attached hydrogen (secondary N) is 1. The maximum atomic E-state index is 13.3. The van der Waals surface area contributed by atoms with E-state index < -0.39 is 11.9 Å². The molecule has 0 radical (unpaired) electrons. The third kappa shape index (κ3) is 3.30. The van der Waals surface area contributed by atoms with Crippen molar-refractivity contribution in [1.82, 2.24) is 5.32 Å². The van der Waals surface area contributed by atoms with Crippen LogP contribution in [0.3, 0.4) is 0 Å². The molecule has 1 aromatic carbocycles. The fraction of sp³-hybridized carbons (Fsp3) is 0.417. The minimum atomic E-state index is -0.509. The fourth-order valence-electron chi connectivity index (χ4n) is 1.36. The van der Waals surface area contributed by atoms with Gasteiger partial charge in [-0.1, -0.05) is 6.07 Å². The van der Waals surface area contributed by atoms with E-state index in [-0.39, 0.29) is 11.6 Å². The molecule has 1 unspecified atom stereocenters. The van der Waals surface area contributed by atoms with E-state index in [9.17, 15) is 4.39 Å². The van der Waals surface area contributed by atoms with Crippen molar-refractivity contribution in [2.75, 3.05) is 6.54 Å². The van der Waals surface area contributed by atoms with Crippen molar-refractivity contribution in [3.05, 3.63) is 35.1 Å². The molecule has 0 aliphatic rings. The van der Waals surface area contributed by atoms with E-state index in [2.05, 4.69) is 5.32 Å². The van der Waals surface area contributed by atoms with E-state index in [0.717, 1.165) is 5.56 Å². The Kier molecular flexibility index (Phi) is 4.41. The van der Waals surface area contributed by atoms with E-state index in [1.54, 1.807) is 19.1 Å². The summed E-state index contributed by atoms with van der Waals surface area (Å²) in [5.41, 5.74) is 0.809. The summed E-state index contributed by atoms with van der Waals surface area (Å²) in [4.78, 5) is 0. The van der Waals surface area contributed by atoms with Crippen molar-refractivity contribution in [2.24, 2.45) is 0 Å². The Bertz CT molecular complexity index is 398. The summed E-state index contributed by atoms with van der Waals surface area (Å²) in [6, 6.07) is 6.24. The van der Waals surface area contributed by atoms with Crippen LogP contribution in [0.5, 0.6) is 0 Å². The lowest BCUT2D eigenvalue weighted by atomic mass is 10.1. The second-order valence-corrected chi connectivity index (χ2v) is 3.83. The minimum Gasteiger partial charge on any atom is -0.392 e. The Hall–Kier alpha value is -1.44. The highest BCUT2D eigenvalue weighted by atomic mass is 19.1. The van der Waals surface area contributed by atoms with Crippen LogP contribution >= 0.6 is 0 Å². The smallest absolute Gasteiger partial charge is 0.141 e. The van der Waals surface area contributed by atoms with Gasteiger partial charge in [0.1, 0.15) is 11.9 Å². The first-order chi connectivity index (χ1) is 7.54. The van der Waals surface area contributed by atoms with Crippen molar-refractivity contribution >= 4 is 0 Å². The van der Waals surface area contributed by atoms with Gasteiger partial charge in [0.25, 0.3) is 0 Å². The third-order valence-corrected chi connectivity index (χ3v) is 2.33. The molecule has 0 fully saturated rings. The van der Waals surface area contributed by atoms with Gasteiger partial charge in [-0.3, -0.25) is 0 Å². The zero-order valence-corrected chi connectivity index (χ0v) is 9.37. The van der Waals surface area contributed by atoms with Crippen molar-refractivity contribution in [1.29, 1.82) is 5.26 Å². The van der Waals surface area contributed by atoms with Crippen LogP contribution in [0.2, 0.25) is 0 Å². The summed E-state index contributed by atoms with van der Waals surface area (Å²) in [5.74, 6) is -0.509. The van der Waals surface area contributed by atoms with Crippen LogP contribution in [0, 0.1) is 17.1 Å². The molecule has 86 valence electrons. The maximum Gasteiger partial charge on any atom is 0.141 e. The number of nitriles is 1. The molecule has 0 aliphatic carbocycles. The highest BCUT2D eigenvalue weighted by Gasteiger charge is 2.09. The topological polar surface area (TPSA) is 56.0 Å². The quantitative estimate of drug-likeness (QED) is 0.815. The van der Waals surface area contributed by atoms with Gasteiger partial charge in [0, 0.05) is 12.6 Å². The van der Waals surface area contributed by atoms with E-state index in [1.165, 1.54) is 12.1 Å². The zero-order valence-electron chi connectivity index (χ0n) is 9.37. The van der Waals surface area contributed by atoms with Crippen molar-refractivity contribution < 1.29 is 9.50 Å². The highest BCUT2D eigenvalue weighted by molar-refractivity contribution is 5.34. The molecule has 1 aromatic rings. The van der Waals surface area contributed by atoms with Crippen LogP contribution in [0.4, 0.5) is 4.39 Å². The average Bonchev–Trinajstić information content (AvgIpc) is 2.25. The second-order valence-electron chi connectivity index (χ2n) is 3.83. The first-order valence-electron chi connectivity index (χ1n) is 5.15. The van der Waals surface area contributed by atoms with Gasteiger partial charge in [-0.05, 0) is 31.5 Å². The van der Waals surface area contributed by atoms with Crippen LogP contribution in [0.1, 0.15) is 31.0 Å². The molecule has 0 amide bonds. The largest absolute Gasteiger partial charge is 0.392 e. The molecule has 0 spiro atoms. The van der Waals surface area contributed by atoms with Crippen LogP contribution in [-0.4, -0.2) is 17.8 Å². The first-order valence-corrected chi connectivity index (χ1v) is 5.15. The second kappa shape index (κ2) is 5.59. The fourth-order valence-corrected chi connectivity index (χ4v) is 1.36. The van der Waals surface area contributed by atoms with Gasteiger partial charge in [0.05, 0.1) is 11.7 Å². The Labute approximate surface area is 94.5 Å². The summed E-state index contributed by atoms with van der Waals surface area (Å²) < 4.78 is 13.3. The Balaban J connectivity index is 2.74. The van der Waals surface area contributed by atoms with Crippen molar-refractivity contribution in [3.63, 3.8) is 0 Å². The molecule has 0 aromatic heterocycles. The van der Waals surface area contributed by atoms with Gasteiger partial charge in [-0.2, -0.15) is 5.26 Å². The minimum absolute atomic E-state index is 0.0477. The summed E-state index contributed by atoms with van der Waals surface area (Å²) >= 11 is 0. The molecule has 16 heavy (non-hydrogen) atoms. The van der Waals surface area contributed by atoms with Gasteiger partial charge < -0.3 is 10.4 Å². The molecular weight excluding hydrogens is 207 g/mol. The highest BCUT2D eigenvalue weighted by Crippen LogP contribution is 2.16. The molecule has 2 N–H and O–H groups in total. The normalized spacial score (nSPS) is 14.2. The standard InChI is InChI=1S/C12H15FN2O/c1-8(16)7-15-9(2)10-3-4-11(6-14)12(13)5-10/h3-5,8-9,15-16H,7H2,1-2H3/t8-,9?/m1/s1. The maximum absolute atomic E-state index is 13.3. The molecule has 1 rings (SSSR count). The van der Waals surface area contributed by atoms with E-state index in [0.29, 0.717) is 6.54 Å². The van der Waals surface area contributed by atoms with Crippen LogP contribution < -0.4 is 5.32 Å². The zero-order chi connectivity index (χ0) is 12.1. The van der Waals surface area contributed by atoms with Crippen LogP contribution in [0.25, 0.3) is 0 Å². The van der Waals surface area contributed by atoms with Crippen molar-refractivity contribution in [2.45, 2.75) is 26.0 Å². The van der Waals surface area contributed by atoms with Crippen molar-refractivity contribution in [3.8, 4) is 6.07 Å². The lowest BCUT2D eigenvalue weighted by Crippen LogP contribution is -2.27. The van der Waals surface area contributed by atoms with Crippen LogP contribution in [-0.2, 0) is 0 Å². The molecule has 0 saturated heterocycles. The summed E-state index contributed by atoms with van der Waals surface area (Å²) in [5, 5.41) is 20.8. The molecule has 0 aliphatic heterocycles. The number of rotatable bonds is 4. The number of benzene rings is 1. The van der Waals surface area contributed by atoms with Crippen LogP contribution in [0.15, 0.2) is 18.2 Å². The summed E-state index contributed by atoms with van der Waals surface area (Å²) in [7, 11) is 0. The Morgan fingerprint density at radius 3 is 2.69 bits per heavy atom. The summed E-state index contributed by atoms with van der Waals surface area (Å²) in [6.07, 6.45) is -0.439. The third-order valence-electron chi connectivity index (χ3n) is 2.33. The number of hydrogen-bond donors (Lipinski definition) is 2. The van der Waals surface area contributed by atoms with E-state index in [1.807, 2.05) is 6.92 Å². The van der Waals surface area contributed by atoms with Gasteiger partial charge >= 0.3 is 0 Å². The van der Waals surface area contributed by atoms with Gasteiger partial charge in [-0.25, -0.2) is 4.39 Å². The molecule has 4 heteroatoms. The monoisotopic (exact) mass is 222 g/mol. The molecule has 0 saturated carbocycles. The lowest BCUT2D eigenvalue weighted by molar-refractivity contribution is 0.187. The average molecular weight is 222 g/mol. The lowest BCUT2D eigenvalue weighted by Gasteiger charge is -2.15. The molecule has 3 nitrogen and oxygen atoms in total. The number of nitrogens with zero attached hydrogens (tertiary/aromatic N) is 1. The number of halogens is 1.